The van der Waals surface area contributed by atoms with Gasteiger partial charge in [-0.05, 0) is 56.3 Å². The van der Waals surface area contributed by atoms with E-state index in [4.69, 9.17) is 4.74 Å². The van der Waals surface area contributed by atoms with Gasteiger partial charge in [0.15, 0.2) is 0 Å². The van der Waals surface area contributed by atoms with Crippen molar-refractivity contribution in [2.75, 3.05) is 13.6 Å². The van der Waals surface area contributed by atoms with E-state index in [2.05, 4.69) is 24.1 Å². The van der Waals surface area contributed by atoms with Crippen molar-refractivity contribution >= 4 is 0 Å². The third kappa shape index (κ3) is 4.32. The molecule has 1 heterocycles. The van der Waals surface area contributed by atoms with Crippen LogP contribution in [0.25, 0.3) is 0 Å². The lowest BCUT2D eigenvalue weighted by Crippen LogP contribution is -2.37. The molecule has 0 N–H and O–H groups in total. The van der Waals surface area contributed by atoms with Gasteiger partial charge in [0.25, 0.3) is 0 Å². The summed E-state index contributed by atoms with van der Waals surface area (Å²) < 4.78 is 19.3. The van der Waals surface area contributed by atoms with Gasteiger partial charge in [-0.25, -0.2) is 4.39 Å². The van der Waals surface area contributed by atoms with Crippen molar-refractivity contribution in [1.29, 1.82) is 0 Å². The number of ether oxygens (including phenoxy) is 1. The third-order valence-corrected chi connectivity index (χ3v) is 4.67. The van der Waals surface area contributed by atoms with Crippen LogP contribution in [0, 0.1) is 5.82 Å². The predicted octanol–water partition coefficient (Wildman–Crippen LogP) is 4.82. The highest BCUT2D eigenvalue weighted by Crippen LogP contribution is 2.30. The molecule has 0 bridgehead atoms. The molecule has 0 aliphatic carbocycles. The molecule has 122 valence electrons. The van der Waals surface area contributed by atoms with Crippen LogP contribution >= 0.6 is 0 Å². The number of hydrogen-bond donors (Lipinski definition) is 0. The number of likely N-dealkylation sites (tertiary alicyclic amines) is 1. The zero-order valence-electron chi connectivity index (χ0n) is 13.6. The van der Waals surface area contributed by atoms with Crippen molar-refractivity contribution in [2.45, 2.75) is 37.8 Å². The van der Waals surface area contributed by atoms with Crippen LogP contribution in [0.5, 0.6) is 5.75 Å². The first kappa shape index (κ1) is 16.0. The SMILES string of the molecule is CN1CCCCC1CC(Oc1ccc(F)cc1)c1ccccc1. The van der Waals surface area contributed by atoms with E-state index in [0.717, 1.165) is 18.7 Å². The lowest BCUT2D eigenvalue weighted by molar-refractivity contribution is 0.109. The minimum atomic E-state index is -0.236. The first-order valence-electron chi connectivity index (χ1n) is 8.40. The molecule has 3 heteroatoms. The number of rotatable bonds is 5. The Labute approximate surface area is 137 Å². The van der Waals surface area contributed by atoms with Gasteiger partial charge in [-0.3, -0.25) is 0 Å². The van der Waals surface area contributed by atoms with Crippen molar-refractivity contribution in [3.8, 4) is 5.75 Å². The molecule has 3 rings (SSSR count). The molecule has 1 aliphatic rings. The maximum atomic E-state index is 13.1. The Morgan fingerprint density at radius 2 is 1.83 bits per heavy atom. The van der Waals surface area contributed by atoms with E-state index in [-0.39, 0.29) is 11.9 Å². The van der Waals surface area contributed by atoms with Crippen LogP contribution in [0.1, 0.15) is 37.4 Å². The highest BCUT2D eigenvalue weighted by molar-refractivity contribution is 5.25. The topological polar surface area (TPSA) is 12.5 Å². The Balaban J connectivity index is 1.77. The monoisotopic (exact) mass is 313 g/mol. The van der Waals surface area contributed by atoms with Crippen LogP contribution < -0.4 is 4.74 Å². The van der Waals surface area contributed by atoms with Crippen molar-refractivity contribution < 1.29 is 9.13 Å². The van der Waals surface area contributed by atoms with Gasteiger partial charge < -0.3 is 9.64 Å². The number of piperidine rings is 1. The maximum Gasteiger partial charge on any atom is 0.125 e. The number of benzene rings is 2. The van der Waals surface area contributed by atoms with Gasteiger partial charge in [0, 0.05) is 12.5 Å². The summed E-state index contributed by atoms with van der Waals surface area (Å²) in [7, 11) is 2.20. The normalized spacial score (nSPS) is 20.2. The Morgan fingerprint density at radius 3 is 2.52 bits per heavy atom. The highest BCUT2D eigenvalue weighted by atomic mass is 19.1. The highest BCUT2D eigenvalue weighted by Gasteiger charge is 2.25. The van der Waals surface area contributed by atoms with E-state index in [1.807, 2.05) is 18.2 Å². The first-order chi connectivity index (χ1) is 11.2. The third-order valence-electron chi connectivity index (χ3n) is 4.67. The van der Waals surface area contributed by atoms with Crippen LogP contribution in [0.15, 0.2) is 54.6 Å². The minimum absolute atomic E-state index is 0.00721. The van der Waals surface area contributed by atoms with Gasteiger partial charge in [0.2, 0.25) is 0 Å². The molecule has 2 aromatic rings. The zero-order valence-corrected chi connectivity index (χ0v) is 13.6. The largest absolute Gasteiger partial charge is 0.486 e. The summed E-state index contributed by atoms with van der Waals surface area (Å²) in [4.78, 5) is 2.44. The molecule has 1 aliphatic heterocycles. The summed E-state index contributed by atoms with van der Waals surface area (Å²) in [6.45, 7) is 1.16. The van der Waals surface area contributed by atoms with Crippen LogP contribution in [0.3, 0.4) is 0 Å². The van der Waals surface area contributed by atoms with E-state index in [1.54, 1.807) is 12.1 Å². The Bertz CT molecular complexity index is 599. The Kier molecular flexibility index (Phi) is 5.29. The first-order valence-corrected chi connectivity index (χ1v) is 8.40. The summed E-state index contributed by atoms with van der Waals surface area (Å²) in [6, 6.07) is 17.2. The fraction of sp³-hybridized carbons (Fsp3) is 0.400. The lowest BCUT2D eigenvalue weighted by Gasteiger charge is -2.35. The van der Waals surface area contributed by atoms with Crippen LogP contribution in [0.2, 0.25) is 0 Å². The van der Waals surface area contributed by atoms with Crippen molar-refractivity contribution in [3.05, 3.63) is 66.0 Å². The molecule has 0 amide bonds. The number of hydrogen-bond acceptors (Lipinski definition) is 2. The fourth-order valence-corrected chi connectivity index (χ4v) is 3.29. The van der Waals surface area contributed by atoms with Gasteiger partial charge in [-0.2, -0.15) is 0 Å². The van der Waals surface area contributed by atoms with E-state index in [1.165, 1.54) is 37.0 Å². The molecule has 2 nitrogen and oxygen atoms in total. The van der Waals surface area contributed by atoms with Gasteiger partial charge >= 0.3 is 0 Å². The molecular weight excluding hydrogens is 289 g/mol. The summed E-state index contributed by atoms with van der Waals surface area (Å²) in [5.41, 5.74) is 1.18. The second kappa shape index (κ2) is 7.60. The standard InChI is InChI=1S/C20H24FNO/c1-22-14-6-5-9-18(22)15-20(16-7-3-2-4-8-16)23-19-12-10-17(21)11-13-19/h2-4,7-8,10-13,18,20H,5-6,9,14-15H2,1H3. The summed E-state index contributed by atoms with van der Waals surface area (Å²) >= 11 is 0. The van der Waals surface area contributed by atoms with E-state index >= 15 is 0 Å². The molecule has 2 aromatic carbocycles. The molecule has 2 atom stereocenters. The van der Waals surface area contributed by atoms with Gasteiger partial charge in [-0.1, -0.05) is 36.8 Å². The summed E-state index contributed by atoms with van der Waals surface area (Å²) in [5, 5.41) is 0. The fourth-order valence-electron chi connectivity index (χ4n) is 3.29. The van der Waals surface area contributed by atoms with E-state index in [9.17, 15) is 4.39 Å². The Hall–Kier alpha value is -1.87. The average molecular weight is 313 g/mol. The van der Waals surface area contributed by atoms with Crippen LogP contribution in [-0.2, 0) is 0 Å². The van der Waals surface area contributed by atoms with Crippen molar-refractivity contribution in [1.82, 2.24) is 4.90 Å². The van der Waals surface area contributed by atoms with Gasteiger partial charge in [0.1, 0.15) is 17.7 Å². The van der Waals surface area contributed by atoms with E-state index < -0.39 is 0 Å². The quantitative estimate of drug-likeness (QED) is 0.784. The van der Waals surface area contributed by atoms with Crippen LogP contribution in [-0.4, -0.2) is 24.5 Å². The van der Waals surface area contributed by atoms with E-state index in [0.29, 0.717) is 6.04 Å². The Morgan fingerprint density at radius 1 is 1.09 bits per heavy atom. The molecule has 1 fully saturated rings. The molecule has 1 saturated heterocycles. The van der Waals surface area contributed by atoms with Crippen molar-refractivity contribution in [2.24, 2.45) is 0 Å². The number of halogens is 1. The predicted molar refractivity (Wildman–Crippen MR) is 91.1 cm³/mol. The lowest BCUT2D eigenvalue weighted by atomic mass is 9.94. The molecule has 0 spiro atoms. The minimum Gasteiger partial charge on any atom is -0.486 e. The summed E-state index contributed by atoms with van der Waals surface area (Å²) in [5.74, 6) is 0.486. The molecule has 0 radical (unpaired) electrons. The maximum absolute atomic E-state index is 13.1. The zero-order chi connectivity index (χ0) is 16.1. The van der Waals surface area contributed by atoms with Gasteiger partial charge in [-0.15, -0.1) is 0 Å². The number of nitrogens with zero attached hydrogens (tertiary/aromatic N) is 1. The second-order valence-electron chi connectivity index (χ2n) is 6.34. The molecule has 23 heavy (non-hydrogen) atoms. The van der Waals surface area contributed by atoms with Crippen molar-refractivity contribution in [3.63, 3.8) is 0 Å². The van der Waals surface area contributed by atoms with Crippen LogP contribution in [0.4, 0.5) is 4.39 Å². The second-order valence-corrected chi connectivity index (χ2v) is 6.34. The molecular formula is C20H24FNO. The van der Waals surface area contributed by atoms with Gasteiger partial charge in [0.05, 0.1) is 0 Å². The average Bonchev–Trinajstić information content (AvgIpc) is 2.59. The molecule has 0 aromatic heterocycles. The molecule has 2 unspecified atom stereocenters. The molecule has 0 saturated carbocycles. The smallest absolute Gasteiger partial charge is 0.125 e. The summed E-state index contributed by atoms with van der Waals surface area (Å²) in [6.07, 6.45) is 4.73.